The summed E-state index contributed by atoms with van der Waals surface area (Å²) in [7, 11) is 1.85. The largest absolute Gasteiger partial charge is 0.395 e. The number of aryl methyl sites for hydroxylation is 1. The fourth-order valence-electron chi connectivity index (χ4n) is 2.40. The Morgan fingerprint density at radius 3 is 2.59 bits per heavy atom. The highest BCUT2D eigenvalue weighted by Crippen LogP contribution is 2.24. The number of hydrogen-bond acceptors (Lipinski definition) is 3. The fraction of sp³-hybridized carbons (Fsp3) is 0.667. The Labute approximate surface area is 101 Å². The van der Waals surface area contributed by atoms with Crippen molar-refractivity contribution in [3.05, 3.63) is 11.4 Å². The van der Waals surface area contributed by atoms with Gasteiger partial charge in [-0.05, 0) is 19.8 Å². The van der Waals surface area contributed by atoms with E-state index in [0.29, 0.717) is 17.4 Å². The van der Waals surface area contributed by atoms with E-state index in [1.807, 2.05) is 14.0 Å². The number of nitrogen functional groups attached to an aromatic ring is 1. The summed E-state index contributed by atoms with van der Waals surface area (Å²) in [5.74, 6) is -0.0706. The van der Waals surface area contributed by atoms with Crippen LogP contribution in [0.4, 0.5) is 5.69 Å². The molecule has 1 amide bonds. The molecule has 0 aromatic carbocycles. The Morgan fingerprint density at radius 1 is 1.41 bits per heavy atom. The minimum Gasteiger partial charge on any atom is -0.395 e. The number of aromatic nitrogens is 2. The van der Waals surface area contributed by atoms with Gasteiger partial charge in [-0.3, -0.25) is 9.89 Å². The second-order valence-corrected chi connectivity index (χ2v) is 4.82. The van der Waals surface area contributed by atoms with Gasteiger partial charge in [-0.2, -0.15) is 5.10 Å². The van der Waals surface area contributed by atoms with Crippen molar-refractivity contribution in [3.63, 3.8) is 0 Å². The summed E-state index contributed by atoms with van der Waals surface area (Å²) in [5.41, 5.74) is 7.41. The number of hydrogen-bond donors (Lipinski definition) is 2. The summed E-state index contributed by atoms with van der Waals surface area (Å²) in [6.07, 6.45) is 5.87. The Morgan fingerprint density at radius 2 is 2.06 bits per heavy atom. The van der Waals surface area contributed by atoms with E-state index in [4.69, 9.17) is 5.73 Å². The first kappa shape index (κ1) is 12.0. The number of nitrogens with one attached hydrogen (secondary N) is 1. The zero-order chi connectivity index (χ0) is 12.4. The van der Waals surface area contributed by atoms with E-state index < -0.39 is 0 Å². The Kier molecular flexibility index (Phi) is 3.36. The molecule has 2 rings (SSSR count). The van der Waals surface area contributed by atoms with Gasteiger partial charge < -0.3 is 10.6 Å². The zero-order valence-electron chi connectivity index (χ0n) is 10.5. The molecule has 1 heterocycles. The zero-order valence-corrected chi connectivity index (χ0v) is 10.5. The number of carbonyl (C=O) groups excluding carboxylic acids is 1. The molecule has 3 N–H and O–H groups in total. The smallest absolute Gasteiger partial charge is 0.276 e. The molecular formula is C12H20N4O. The van der Waals surface area contributed by atoms with Gasteiger partial charge in [0.05, 0.1) is 11.4 Å². The van der Waals surface area contributed by atoms with Gasteiger partial charge in [0.1, 0.15) is 0 Å². The maximum absolute atomic E-state index is 12.2. The van der Waals surface area contributed by atoms with Crippen LogP contribution < -0.4 is 5.73 Å². The number of amides is 1. The van der Waals surface area contributed by atoms with Crippen LogP contribution in [0.5, 0.6) is 0 Å². The average Bonchev–Trinajstić information content (AvgIpc) is 2.69. The standard InChI is InChI=1S/C12H20N4O/c1-8-10(13)11(15-14-8)12(17)16(2)9-6-4-3-5-7-9/h9H,3-7,13H2,1-2H3,(H,14,15). The number of H-pyrrole nitrogens is 1. The molecule has 1 aliphatic carbocycles. The molecule has 0 unspecified atom stereocenters. The van der Waals surface area contributed by atoms with Gasteiger partial charge in [0.2, 0.25) is 0 Å². The van der Waals surface area contributed by atoms with Gasteiger partial charge in [-0.15, -0.1) is 0 Å². The monoisotopic (exact) mass is 236 g/mol. The van der Waals surface area contributed by atoms with Gasteiger partial charge in [-0.25, -0.2) is 0 Å². The second kappa shape index (κ2) is 4.77. The van der Waals surface area contributed by atoms with Gasteiger partial charge in [0.25, 0.3) is 5.91 Å². The van der Waals surface area contributed by atoms with Crippen LogP contribution in [0.25, 0.3) is 0 Å². The van der Waals surface area contributed by atoms with E-state index in [-0.39, 0.29) is 5.91 Å². The lowest BCUT2D eigenvalue weighted by atomic mass is 9.94. The lowest BCUT2D eigenvalue weighted by Gasteiger charge is -2.30. The highest BCUT2D eigenvalue weighted by molar-refractivity contribution is 5.97. The molecule has 1 aromatic rings. The van der Waals surface area contributed by atoms with Crippen LogP contribution in [0, 0.1) is 6.92 Å². The molecular weight excluding hydrogens is 216 g/mol. The lowest BCUT2D eigenvalue weighted by molar-refractivity contribution is 0.0691. The molecule has 17 heavy (non-hydrogen) atoms. The molecule has 1 aromatic heterocycles. The van der Waals surface area contributed by atoms with Crippen molar-refractivity contribution in [2.45, 2.75) is 45.1 Å². The molecule has 5 heteroatoms. The van der Waals surface area contributed by atoms with Crippen molar-refractivity contribution in [2.75, 3.05) is 12.8 Å². The number of nitrogens with two attached hydrogens (primary N) is 1. The van der Waals surface area contributed by atoms with E-state index in [1.54, 1.807) is 4.90 Å². The van der Waals surface area contributed by atoms with Crippen LogP contribution in [0.1, 0.15) is 48.3 Å². The van der Waals surface area contributed by atoms with Gasteiger partial charge in [0.15, 0.2) is 5.69 Å². The normalized spacial score (nSPS) is 17.1. The summed E-state index contributed by atoms with van der Waals surface area (Å²) < 4.78 is 0. The topological polar surface area (TPSA) is 75.0 Å². The van der Waals surface area contributed by atoms with Crippen LogP contribution >= 0.6 is 0 Å². The minimum absolute atomic E-state index is 0.0706. The third-order valence-electron chi connectivity index (χ3n) is 3.64. The SMILES string of the molecule is Cc1[nH]nc(C(=O)N(C)C2CCCCC2)c1N. The van der Waals surface area contributed by atoms with Crippen molar-refractivity contribution in [1.29, 1.82) is 0 Å². The Balaban J connectivity index is 2.11. The summed E-state index contributed by atoms with van der Waals surface area (Å²) in [6.45, 7) is 1.82. The maximum Gasteiger partial charge on any atom is 0.276 e. The third kappa shape index (κ3) is 2.28. The Bertz CT molecular complexity index is 407. The predicted molar refractivity (Wildman–Crippen MR) is 66.7 cm³/mol. The molecule has 1 fully saturated rings. The predicted octanol–water partition coefficient (Wildman–Crippen LogP) is 1.71. The second-order valence-electron chi connectivity index (χ2n) is 4.82. The number of carbonyl (C=O) groups is 1. The molecule has 0 saturated heterocycles. The lowest BCUT2D eigenvalue weighted by Crippen LogP contribution is -2.38. The first-order chi connectivity index (χ1) is 8.11. The molecule has 0 bridgehead atoms. The maximum atomic E-state index is 12.2. The molecule has 1 saturated carbocycles. The van der Waals surface area contributed by atoms with Crippen LogP contribution in [0.15, 0.2) is 0 Å². The van der Waals surface area contributed by atoms with Crippen molar-refractivity contribution in [3.8, 4) is 0 Å². The number of rotatable bonds is 2. The van der Waals surface area contributed by atoms with Crippen molar-refractivity contribution in [1.82, 2.24) is 15.1 Å². The summed E-state index contributed by atoms with van der Waals surface area (Å²) in [5, 5.41) is 6.74. The quantitative estimate of drug-likeness (QED) is 0.820. The first-order valence-corrected chi connectivity index (χ1v) is 6.19. The van der Waals surface area contributed by atoms with Crippen molar-refractivity contribution >= 4 is 11.6 Å². The Hall–Kier alpha value is -1.52. The van der Waals surface area contributed by atoms with Crippen LogP contribution in [0.2, 0.25) is 0 Å². The summed E-state index contributed by atoms with van der Waals surface area (Å²) in [4.78, 5) is 14.0. The highest BCUT2D eigenvalue weighted by Gasteiger charge is 2.26. The van der Waals surface area contributed by atoms with Crippen LogP contribution in [0.3, 0.4) is 0 Å². The van der Waals surface area contributed by atoms with E-state index >= 15 is 0 Å². The van der Waals surface area contributed by atoms with E-state index in [2.05, 4.69) is 10.2 Å². The van der Waals surface area contributed by atoms with Gasteiger partial charge >= 0.3 is 0 Å². The number of anilines is 1. The number of aromatic amines is 1. The number of nitrogens with zero attached hydrogens (tertiary/aromatic N) is 2. The molecule has 5 nitrogen and oxygen atoms in total. The van der Waals surface area contributed by atoms with Crippen molar-refractivity contribution < 1.29 is 4.79 Å². The minimum atomic E-state index is -0.0706. The van der Waals surface area contributed by atoms with Gasteiger partial charge in [0, 0.05) is 13.1 Å². The van der Waals surface area contributed by atoms with Gasteiger partial charge in [-0.1, -0.05) is 19.3 Å². The fourth-order valence-corrected chi connectivity index (χ4v) is 2.40. The molecule has 0 radical (unpaired) electrons. The molecule has 0 atom stereocenters. The highest BCUT2D eigenvalue weighted by atomic mass is 16.2. The molecule has 0 aliphatic heterocycles. The summed E-state index contributed by atoms with van der Waals surface area (Å²) >= 11 is 0. The molecule has 1 aliphatic rings. The third-order valence-corrected chi connectivity index (χ3v) is 3.64. The van der Waals surface area contributed by atoms with E-state index in [9.17, 15) is 4.79 Å². The van der Waals surface area contributed by atoms with E-state index in [1.165, 1.54) is 19.3 Å². The van der Waals surface area contributed by atoms with Crippen LogP contribution in [-0.4, -0.2) is 34.1 Å². The average molecular weight is 236 g/mol. The summed E-state index contributed by atoms with van der Waals surface area (Å²) in [6, 6.07) is 0.340. The first-order valence-electron chi connectivity index (χ1n) is 6.19. The van der Waals surface area contributed by atoms with E-state index in [0.717, 1.165) is 18.5 Å². The molecule has 94 valence electrons. The van der Waals surface area contributed by atoms with Crippen LogP contribution in [-0.2, 0) is 0 Å². The van der Waals surface area contributed by atoms with Crippen molar-refractivity contribution in [2.24, 2.45) is 0 Å². The molecule has 0 spiro atoms.